The Morgan fingerprint density at radius 2 is 1.97 bits per heavy atom. The van der Waals surface area contributed by atoms with Crippen LogP contribution in [0, 0.1) is 5.82 Å². The highest BCUT2D eigenvalue weighted by Gasteiger charge is 2.30. The molecule has 4 heterocycles. The van der Waals surface area contributed by atoms with Gasteiger partial charge in [0.25, 0.3) is 5.91 Å². The van der Waals surface area contributed by atoms with Gasteiger partial charge in [-0.25, -0.2) is 4.39 Å². The summed E-state index contributed by atoms with van der Waals surface area (Å²) < 4.78 is 36.0. The van der Waals surface area contributed by atoms with Crippen molar-refractivity contribution < 1.29 is 27.6 Å². The zero-order valence-corrected chi connectivity index (χ0v) is 18.2. The SMILES string of the molecule is O=C(c1ccco1)N(Cc1c(-c2ccc(F)cc2)noc1N1CCOCC1)C[C@@H]1CCCO1. The first-order chi connectivity index (χ1) is 16.2. The fourth-order valence-electron chi connectivity index (χ4n) is 4.29. The molecule has 9 heteroatoms. The maximum atomic E-state index is 13.6. The number of carbonyl (C=O) groups excluding carboxylic acids is 1. The second-order valence-corrected chi connectivity index (χ2v) is 8.22. The number of anilines is 1. The van der Waals surface area contributed by atoms with E-state index in [1.165, 1.54) is 18.4 Å². The molecule has 8 nitrogen and oxygen atoms in total. The standard InChI is InChI=1S/C24H26FN3O5/c25-18-7-5-17(6-8-18)22-20(24(33-26-22)27-9-13-30-14-10-27)16-28(15-19-3-1-11-31-19)23(29)21-4-2-12-32-21/h2,4-8,12,19H,1,3,9-11,13-16H2/t19-/m0/s1. The van der Waals surface area contributed by atoms with Crippen LogP contribution in [0.3, 0.4) is 0 Å². The number of hydrogen-bond acceptors (Lipinski definition) is 7. The van der Waals surface area contributed by atoms with Gasteiger partial charge >= 0.3 is 0 Å². The molecule has 0 aliphatic carbocycles. The highest BCUT2D eigenvalue weighted by Crippen LogP contribution is 2.34. The van der Waals surface area contributed by atoms with E-state index in [0.29, 0.717) is 51.0 Å². The Kier molecular flexibility index (Phi) is 6.41. The molecular formula is C24H26FN3O5. The molecule has 3 aromatic rings. The van der Waals surface area contributed by atoms with E-state index in [4.69, 9.17) is 18.4 Å². The van der Waals surface area contributed by atoms with Crippen LogP contribution >= 0.6 is 0 Å². The molecule has 33 heavy (non-hydrogen) atoms. The van der Waals surface area contributed by atoms with Gasteiger partial charge in [0.2, 0.25) is 5.88 Å². The van der Waals surface area contributed by atoms with Crippen LogP contribution in [0.15, 0.2) is 51.6 Å². The van der Waals surface area contributed by atoms with Gasteiger partial charge in [0.15, 0.2) is 5.76 Å². The molecule has 1 atom stereocenters. The summed E-state index contributed by atoms with van der Waals surface area (Å²) in [5, 5.41) is 4.33. The maximum Gasteiger partial charge on any atom is 0.289 e. The molecule has 2 fully saturated rings. The number of rotatable bonds is 7. The smallest absolute Gasteiger partial charge is 0.289 e. The van der Waals surface area contributed by atoms with Crippen molar-refractivity contribution in [1.82, 2.24) is 10.1 Å². The van der Waals surface area contributed by atoms with E-state index < -0.39 is 0 Å². The summed E-state index contributed by atoms with van der Waals surface area (Å²) in [7, 11) is 0. The lowest BCUT2D eigenvalue weighted by atomic mass is 10.1. The van der Waals surface area contributed by atoms with Crippen LogP contribution in [0.2, 0.25) is 0 Å². The fourth-order valence-corrected chi connectivity index (χ4v) is 4.29. The van der Waals surface area contributed by atoms with Crippen LogP contribution in [0.5, 0.6) is 0 Å². The van der Waals surface area contributed by atoms with Crippen molar-refractivity contribution in [2.24, 2.45) is 0 Å². The summed E-state index contributed by atoms with van der Waals surface area (Å²) in [5.74, 6) is 0.308. The Labute approximate surface area is 190 Å². The minimum absolute atomic E-state index is 0.0371. The molecule has 0 spiro atoms. The lowest BCUT2D eigenvalue weighted by Crippen LogP contribution is -2.39. The van der Waals surface area contributed by atoms with E-state index in [1.807, 2.05) is 0 Å². The summed E-state index contributed by atoms with van der Waals surface area (Å²) in [4.78, 5) is 17.1. The number of halogens is 1. The Morgan fingerprint density at radius 1 is 1.15 bits per heavy atom. The average Bonchev–Trinajstić information content (AvgIpc) is 3.62. The summed E-state index contributed by atoms with van der Waals surface area (Å²) in [5.41, 5.74) is 2.07. The molecule has 2 saturated heterocycles. The van der Waals surface area contributed by atoms with E-state index in [-0.39, 0.29) is 30.1 Å². The van der Waals surface area contributed by atoms with Crippen LogP contribution in [0.25, 0.3) is 11.3 Å². The van der Waals surface area contributed by atoms with E-state index in [9.17, 15) is 9.18 Å². The van der Waals surface area contributed by atoms with Crippen molar-refractivity contribution in [3.05, 3.63) is 59.8 Å². The van der Waals surface area contributed by atoms with Gasteiger partial charge in [-0.2, -0.15) is 0 Å². The normalized spacial score (nSPS) is 18.6. The molecule has 0 saturated carbocycles. The molecule has 0 bridgehead atoms. The number of furan rings is 1. The van der Waals surface area contributed by atoms with Crippen LogP contribution in [-0.2, 0) is 16.0 Å². The van der Waals surface area contributed by atoms with Gasteiger partial charge in [0.05, 0.1) is 37.7 Å². The first-order valence-corrected chi connectivity index (χ1v) is 11.2. The molecule has 174 valence electrons. The number of aromatic nitrogens is 1. The first kappa shape index (κ1) is 21.7. The molecule has 1 aromatic carbocycles. The fraction of sp³-hybridized carbons (Fsp3) is 0.417. The predicted molar refractivity (Wildman–Crippen MR) is 117 cm³/mol. The third kappa shape index (κ3) is 4.79. The molecule has 0 radical (unpaired) electrons. The van der Waals surface area contributed by atoms with Crippen LogP contribution < -0.4 is 4.90 Å². The van der Waals surface area contributed by atoms with E-state index >= 15 is 0 Å². The minimum Gasteiger partial charge on any atom is -0.459 e. The average molecular weight is 455 g/mol. The number of morpholine rings is 1. The zero-order valence-electron chi connectivity index (χ0n) is 18.2. The number of benzene rings is 1. The molecule has 1 amide bonds. The second kappa shape index (κ2) is 9.76. The van der Waals surface area contributed by atoms with Gasteiger partial charge in [-0.3, -0.25) is 4.79 Å². The van der Waals surface area contributed by atoms with E-state index in [2.05, 4.69) is 10.1 Å². The largest absolute Gasteiger partial charge is 0.459 e. The Hall–Kier alpha value is -3.17. The van der Waals surface area contributed by atoms with Gasteiger partial charge < -0.3 is 28.2 Å². The van der Waals surface area contributed by atoms with Crippen molar-refractivity contribution >= 4 is 11.8 Å². The Morgan fingerprint density at radius 3 is 2.67 bits per heavy atom. The highest BCUT2D eigenvalue weighted by molar-refractivity contribution is 5.91. The lowest BCUT2D eigenvalue weighted by molar-refractivity contribution is 0.0484. The molecule has 2 aromatic heterocycles. The monoisotopic (exact) mass is 455 g/mol. The summed E-state index contributed by atoms with van der Waals surface area (Å²) in [6, 6.07) is 9.46. The van der Waals surface area contributed by atoms with E-state index in [1.54, 1.807) is 29.2 Å². The number of ether oxygens (including phenoxy) is 2. The Bertz CT molecular complexity index is 1050. The van der Waals surface area contributed by atoms with Crippen molar-refractivity contribution in [2.75, 3.05) is 44.4 Å². The van der Waals surface area contributed by atoms with Crippen LogP contribution in [0.4, 0.5) is 10.3 Å². The zero-order chi connectivity index (χ0) is 22.6. The van der Waals surface area contributed by atoms with Crippen molar-refractivity contribution in [3.8, 4) is 11.3 Å². The third-order valence-electron chi connectivity index (χ3n) is 6.00. The van der Waals surface area contributed by atoms with Crippen molar-refractivity contribution in [2.45, 2.75) is 25.5 Å². The second-order valence-electron chi connectivity index (χ2n) is 8.22. The van der Waals surface area contributed by atoms with Gasteiger partial charge in [-0.15, -0.1) is 0 Å². The van der Waals surface area contributed by atoms with Crippen LogP contribution in [0.1, 0.15) is 29.0 Å². The third-order valence-corrected chi connectivity index (χ3v) is 6.00. The maximum absolute atomic E-state index is 13.6. The van der Waals surface area contributed by atoms with Crippen molar-refractivity contribution in [1.29, 1.82) is 0 Å². The molecule has 2 aliphatic rings. The number of carbonyl (C=O) groups is 1. The summed E-state index contributed by atoms with van der Waals surface area (Å²) in [6.45, 7) is 3.85. The molecule has 2 aliphatic heterocycles. The number of hydrogen-bond donors (Lipinski definition) is 0. The molecule has 0 unspecified atom stereocenters. The van der Waals surface area contributed by atoms with Gasteiger partial charge in [-0.05, 0) is 49.2 Å². The Balaban J connectivity index is 1.51. The minimum atomic E-state index is -0.329. The molecule has 0 N–H and O–H groups in total. The summed E-state index contributed by atoms with van der Waals surface area (Å²) >= 11 is 0. The van der Waals surface area contributed by atoms with E-state index in [0.717, 1.165) is 24.0 Å². The molecular weight excluding hydrogens is 429 g/mol. The molecule has 5 rings (SSSR count). The number of amides is 1. The van der Waals surface area contributed by atoms with Gasteiger partial charge in [0.1, 0.15) is 11.5 Å². The quantitative estimate of drug-likeness (QED) is 0.537. The lowest BCUT2D eigenvalue weighted by Gasteiger charge is -2.29. The topological polar surface area (TPSA) is 81.2 Å². The highest BCUT2D eigenvalue weighted by atomic mass is 19.1. The predicted octanol–water partition coefficient (Wildman–Crippen LogP) is 3.73. The van der Waals surface area contributed by atoms with Gasteiger partial charge in [0, 0.05) is 31.8 Å². The summed E-state index contributed by atoms with van der Waals surface area (Å²) in [6.07, 6.45) is 3.32. The van der Waals surface area contributed by atoms with Gasteiger partial charge in [-0.1, -0.05) is 5.16 Å². The number of nitrogens with zero attached hydrogens (tertiary/aromatic N) is 3. The van der Waals surface area contributed by atoms with Crippen molar-refractivity contribution in [3.63, 3.8) is 0 Å². The van der Waals surface area contributed by atoms with Crippen LogP contribution in [-0.4, -0.2) is 61.5 Å². The first-order valence-electron chi connectivity index (χ1n) is 11.2.